The molecule has 0 fully saturated rings. The van der Waals surface area contributed by atoms with Gasteiger partial charge in [0.15, 0.2) is 0 Å². The predicted octanol–water partition coefficient (Wildman–Crippen LogP) is 3.21. The molecule has 1 N–H and O–H groups in total. The molecule has 1 aromatic carbocycles. The Balaban J connectivity index is 2.58. The van der Waals surface area contributed by atoms with E-state index in [1.165, 1.54) is 23.2 Å². The Bertz CT molecular complexity index is 393. The highest BCUT2D eigenvalue weighted by molar-refractivity contribution is 5.50. The lowest BCUT2D eigenvalue weighted by Gasteiger charge is -2.23. The molecule has 0 radical (unpaired) electrons. The first-order valence-electron chi connectivity index (χ1n) is 7.58. The van der Waals surface area contributed by atoms with Crippen molar-refractivity contribution in [3.8, 4) is 0 Å². The van der Waals surface area contributed by atoms with Gasteiger partial charge in [-0.15, -0.1) is 0 Å². The molecule has 3 heteroatoms. The lowest BCUT2D eigenvalue weighted by atomic mass is 10.1. The number of aryl methyl sites for hydroxylation is 1. The number of nitrogens with zero attached hydrogens (tertiary/aromatic N) is 1. The molecule has 1 rings (SSSR count). The van der Waals surface area contributed by atoms with Gasteiger partial charge in [0.2, 0.25) is 0 Å². The smallest absolute Gasteiger partial charge is 0.0587 e. The average molecular weight is 278 g/mol. The zero-order valence-corrected chi connectivity index (χ0v) is 13.7. The standard InChI is InChI=1S/C17H30N2O/c1-6-14(2)13-19(4)17-8-7-16(15(3)11-17)12-18-9-10-20-5/h7-8,11,14,18H,6,9-10,12-13H2,1-5H3. The van der Waals surface area contributed by atoms with Gasteiger partial charge in [-0.3, -0.25) is 0 Å². The normalized spacial score (nSPS) is 12.4. The number of ether oxygens (including phenoxy) is 1. The molecule has 0 aliphatic rings. The molecular formula is C17H30N2O. The number of methoxy groups -OCH3 is 1. The molecule has 0 saturated carbocycles. The van der Waals surface area contributed by atoms with Gasteiger partial charge in [0.25, 0.3) is 0 Å². The third-order valence-corrected chi connectivity index (χ3v) is 3.85. The number of rotatable bonds is 9. The second-order valence-corrected chi connectivity index (χ2v) is 5.67. The maximum absolute atomic E-state index is 5.04. The largest absolute Gasteiger partial charge is 0.383 e. The van der Waals surface area contributed by atoms with E-state index in [-0.39, 0.29) is 0 Å². The van der Waals surface area contributed by atoms with Crippen LogP contribution in [0.5, 0.6) is 0 Å². The molecule has 3 nitrogen and oxygen atoms in total. The van der Waals surface area contributed by atoms with Crippen LogP contribution < -0.4 is 10.2 Å². The fourth-order valence-electron chi connectivity index (χ4n) is 2.22. The van der Waals surface area contributed by atoms with Crippen molar-refractivity contribution in [2.45, 2.75) is 33.7 Å². The lowest BCUT2D eigenvalue weighted by molar-refractivity contribution is 0.199. The van der Waals surface area contributed by atoms with Gasteiger partial charge in [-0.05, 0) is 36.1 Å². The Morgan fingerprint density at radius 3 is 2.70 bits per heavy atom. The Hall–Kier alpha value is -1.06. The van der Waals surface area contributed by atoms with Gasteiger partial charge in [-0.25, -0.2) is 0 Å². The molecule has 1 atom stereocenters. The van der Waals surface area contributed by atoms with Crippen LogP contribution in [0, 0.1) is 12.8 Å². The van der Waals surface area contributed by atoms with E-state index in [0.29, 0.717) is 0 Å². The second kappa shape index (κ2) is 8.98. The lowest BCUT2D eigenvalue weighted by Crippen LogP contribution is -2.24. The van der Waals surface area contributed by atoms with Crippen molar-refractivity contribution in [2.24, 2.45) is 5.92 Å². The van der Waals surface area contributed by atoms with Gasteiger partial charge in [0, 0.05) is 39.5 Å². The summed E-state index contributed by atoms with van der Waals surface area (Å²) in [6.07, 6.45) is 1.23. The van der Waals surface area contributed by atoms with Crippen LogP contribution in [0.25, 0.3) is 0 Å². The second-order valence-electron chi connectivity index (χ2n) is 5.67. The van der Waals surface area contributed by atoms with Crippen molar-refractivity contribution in [1.82, 2.24) is 5.32 Å². The van der Waals surface area contributed by atoms with Gasteiger partial charge in [-0.1, -0.05) is 26.3 Å². The van der Waals surface area contributed by atoms with E-state index in [1.807, 2.05) is 0 Å². The third-order valence-electron chi connectivity index (χ3n) is 3.85. The minimum Gasteiger partial charge on any atom is -0.383 e. The third kappa shape index (κ3) is 5.51. The van der Waals surface area contributed by atoms with E-state index in [1.54, 1.807) is 7.11 Å². The van der Waals surface area contributed by atoms with Gasteiger partial charge in [-0.2, -0.15) is 0 Å². The van der Waals surface area contributed by atoms with Crippen molar-refractivity contribution in [1.29, 1.82) is 0 Å². The maximum atomic E-state index is 5.04. The first-order valence-corrected chi connectivity index (χ1v) is 7.58. The fraction of sp³-hybridized carbons (Fsp3) is 0.647. The van der Waals surface area contributed by atoms with Gasteiger partial charge in [0.1, 0.15) is 0 Å². The number of anilines is 1. The summed E-state index contributed by atoms with van der Waals surface area (Å²) >= 11 is 0. The zero-order valence-electron chi connectivity index (χ0n) is 13.7. The van der Waals surface area contributed by atoms with E-state index in [9.17, 15) is 0 Å². The molecule has 0 heterocycles. The molecule has 20 heavy (non-hydrogen) atoms. The SMILES string of the molecule is CCC(C)CN(C)c1ccc(CNCCOC)c(C)c1. The van der Waals surface area contributed by atoms with Crippen LogP contribution in [0.15, 0.2) is 18.2 Å². The van der Waals surface area contributed by atoms with Crippen molar-refractivity contribution in [2.75, 3.05) is 38.8 Å². The molecule has 0 aliphatic carbocycles. The first kappa shape index (κ1) is 17.0. The number of hydrogen-bond donors (Lipinski definition) is 1. The highest BCUT2D eigenvalue weighted by Crippen LogP contribution is 2.19. The van der Waals surface area contributed by atoms with E-state index < -0.39 is 0 Å². The molecule has 0 aliphatic heterocycles. The minimum atomic E-state index is 0.732. The highest BCUT2D eigenvalue weighted by atomic mass is 16.5. The van der Waals surface area contributed by atoms with Crippen LogP contribution in [0.3, 0.4) is 0 Å². The van der Waals surface area contributed by atoms with E-state index >= 15 is 0 Å². The number of nitrogens with one attached hydrogen (secondary N) is 1. The van der Waals surface area contributed by atoms with Crippen molar-refractivity contribution >= 4 is 5.69 Å². The molecule has 0 saturated heterocycles. The minimum absolute atomic E-state index is 0.732. The summed E-state index contributed by atoms with van der Waals surface area (Å²) < 4.78 is 5.04. The van der Waals surface area contributed by atoms with Crippen LogP contribution in [0.1, 0.15) is 31.4 Å². The summed E-state index contributed by atoms with van der Waals surface area (Å²) in [5, 5.41) is 3.39. The summed E-state index contributed by atoms with van der Waals surface area (Å²) in [4.78, 5) is 2.35. The number of benzene rings is 1. The van der Waals surface area contributed by atoms with Crippen LogP contribution in [0.2, 0.25) is 0 Å². The Morgan fingerprint density at radius 1 is 1.35 bits per heavy atom. The molecule has 0 bridgehead atoms. The number of hydrogen-bond acceptors (Lipinski definition) is 3. The first-order chi connectivity index (χ1) is 9.58. The van der Waals surface area contributed by atoms with Crippen molar-refractivity contribution in [3.63, 3.8) is 0 Å². The molecule has 1 unspecified atom stereocenters. The Kier molecular flexibility index (Phi) is 7.63. The van der Waals surface area contributed by atoms with E-state index in [2.05, 4.69) is 56.2 Å². The molecule has 1 aromatic rings. The summed E-state index contributed by atoms with van der Waals surface area (Å²) in [5.74, 6) is 0.732. The van der Waals surface area contributed by atoms with Crippen LogP contribution >= 0.6 is 0 Å². The summed E-state index contributed by atoms with van der Waals surface area (Å²) in [5.41, 5.74) is 4.02. The van der Waals surface area contributed by atoms with Gasteiger partial charge in [0.05, 0.1) is 6.61 Å². The quantitative estimate of drug-likeness (QED) is 0.702. The van der Waals surface area contributed by atoms with Crippen LogP contribution in [-0.4, -0.2) is 33.9 Å². The monoisotopic (exact) mass is 278 g/mol. The average Bonchev–Trinajstić information content (AvgIpc) is 2.44. The highest BCUT2D eigenvalue weighted by Gasteiger charge is 2.07. The van der Waals surface area contributed by atoms with Crippen molar-refractivity contribution < 1.29 is 4.74 Å². The van der Waals surface area contributed by atoms with E-state index in [0.717, 1.165) is 32.2 Å². The summed E-state index contributed by atoms with van der Waals surface area (Å²) in [6, 6.07) is 6.75. The molecule has 114 valence electrons. The Labute approximate surface area is 124 Å². The summed E-state index contributed by atoms with van der Waals surface area (Å²) in [7, 11) is 3.91. The topological polar surface area (TPSA) is 24.5 Å². The van der Waals surface area contributed by atoms with Gasteiger partial charge < -0.3 is 15.0 Å². The predicted molar refractivity (Wildman–Crippen MR) is 87.5 cm³/mol. The van der Waals surface area contributed by atoms with E-state index in [4.69, 9.17) is 4.74 Å². The fourth-order valence-corrected chi connectivity index (χ4v) is 2.22. The van der Waals surface area contributed by atoms with Crippen LogP contribution in [-0.2, 0) is 11.3 Å². The van der Waals surface area contributed by atoms with Crippen molar-refractivity contribution in [3.05, 3.63) is 29.3 Å². The molecular weight excluding hydrogens is 248 g/mol. The maximum Gasteiger partial charge on any atom is 0.0587 e. The Morgan fingerprint density at radius 2 is 2.10 bits per heavy atom. The van der Waals surface area contributed by atoms with Gasteiger partial charge >= 0.3 is 0 Å². The molecule has 0 amide bonds. The molecule has 0 spiro atoms. The summed E-state index contributed by atoms with van der Waals surface area (Å²) in [6.45, 7) is 10.4. The van der Waals surface area contributed by atoms with Crippen LogP contribution in [0.4, 0.5) is 5.69 Å². The molecule has 0 aromatic heterocycles. The zero-order chi connectivity index (χ0) is 15.0.